The first kappa shape index (κ1) is 19.3. The Hall–Kier alpha value is -4.00. The number of carbonyl (C=O) groups excluding carboxylic acids is 2. The van der Waals surface area contributed by atoms with Gasteiger partial charge in [0.1, 0.15) is 24.7 Å². The maximum Gasteiger partial charge on any atom is 0.251 e. The molecular formula is C23H20N2O5. The van der Waals surface area contributed by atoms with E-state index in [1.54, 1.807) is 48.5 Å². The molecule has 0 unspecified atom stereocenters. The second-order valence-corrected chi connectivity index (χ2v) is 6.68. The standard InChI is InChI=1S/C23H20N2O5/c24-22(26)16-2-6-18(7-3-16)30-19-8-4-17(5-9-19)23(27)25-14-15-1-10-20-21(13-15)29-12-11-28-20/h1-10,13H,11-12,14H2,(H2,24,26)(H,25,27). The molecule has 1 heterocycles. The van der Waals surface area contributed by atoms with E-state index in [0.717, 1.165) is 11.3 Å². The zero-order valence-electron chi connectivity index (χ0n) is 16.1. The fourth-order valence-electron chi connectivity index (χ4n) is 2.98. The quantitative estimate of drug-likeness (QED) is 0.657. The molecule has 3 N–H and O–H groups in total. The van der Waals surface area contributed by atoms with Gasteiger partial charge in [0, 0.05) is 17.7 Å². The van der Waals surface area contributed by atoms with E-state index in [9.17, 15) is 9.59 Å². The summed E-state index contributed by atoms with van der Waals surface area (Å²) in [5.41, 5.74) is 7.07. The molecule has 0 saturated heterocycles. The Balaban J connectivity index is 1.34. The molecule has 0 spiro atoms. The maximum atomic E-state index is 12.4. The lowest BCUT2D eigenvalue weighted by Crippen LogP contribution is -2.23. The van der Waals surface area contributed by atoms with Gasteiger partial charge in [-0.15, -0.1) is 0 Å². The minimum atomic E-state index is -0.492. The first-order valence-electron chi connectivity index (χ1n) is 9.43. The summed E-state index contributed by atoms with van der Waals surface area (Å²) < 4.78 is 16.8. The van der Waals surface area contributed by atoms with Gasteiger partial charge in [-0.05, 0) is 66.2 Å². The van der Waals surface area contributed by atoms with Crippen LogP contribution in [-0.2, 0) is 6.54 Å². The molecule has 7 heteroatoms. The van der Waals surface area contributed by atoms with E-state index in [1.165, 1.54) is 0 Å². The molecule has 1 aliphatic rings. The summed E-state index contributed by atoms with van der Waals surface area (Å²) in [6.07, 6.45) is 0. The number of hydrogen-bond acceptors (Lipinski definition) is 5. The van der Waals surface area contributed by atoms with Crippen molar-refractivity contribution in [3.8, 4) is 23.0 Å². The van der Waals surface area contributed by atoms with Crippen LogP contribution in [0.3, 0.4) is 0 Å². The van der Waals surface area contributed by atoms with Crippen LogP contribution >= 0.6 is 0 Å². The SMILES string of the molecule is NC(=O)c1ccc(Oc2ccc(C(=O)NCc3ccc4c(c3)OCCO4)cc2)cc1. The molecule has 30 heavy (non-hydrogen) atoms. The third-order valence-electron chi connectivity index (χ3n) is 4.55. The lowest BCUT2D eigenvalue weighted by Gasteiger charge is -2.19. The van der Waals surface area contributed by atoms with E-state index >= 15 is 0 Å². The highest BCUT2D eigenvalue weighted by Gasteiger charge is 2.12. The van der Waals surface area contributed by atoms with Gasteiger partial charge in [-0.2, -0.15) is 0 Å². The van der Waals surface area contributed by atoms with Crippen LogP contribution in [0.2, 0.25) is 0 Å². The number of carbonyl (C=O) groups is 2. The zero-order chi connectivity index (χ0) is 20.9. The summed E-state index contributed by atoms with van der Waals surface area (Å²) >= 11 is 0. The number of rotatable bonds is 6. The largest absolute Gasteiger partial charge is 0.486 e. The van der Waals surface area contributed by atoms with Crippen LogP contribution in [0.4, 0.5) is 0 Å². The number of nitrogens with one attached hydrogen (secondary N) is 1. The van der Waals surface area contributed by atoms with E-state index in [0.29, 0.717) is 48.1 Å². The lowest BCUT2D eigenvalue weighted by atomic mass is 10.1. The number of primary amides is 1. The van der Waals surface area contributed by atoms with Crippen molar-refractivity contribution in [2.45, 2.75) is 6.54 Å². The highest BCUT2D eigenvalue weighted by atomic mass is 16.6. The van der Waals surface area contributed by atoms with Gasteiger partial charge in [0.05, 0.1) is 0 Å². The first-order valence-corrected chi connectivity index (χ1v) is 9.43. The Labute approximate surface area is 173 Å². The van der Waals surface area contributed by atoms with Crippen LogP contribution in [0.15, 0.2) is 66.7 Å². The van der Waals surface area contributed by atoms with Gasteiger partial charge in [0.2, 0.25) is 5.91 Å². The summed E-state index contributed by atoms with van der Waals surface area (Å²) in [6, 6.07) is 18.9. The van der Waals surface area contributed by atoms with E-state index in [4.69, 9.17) is 19.9 Å². The summed E-state index contributed by atoms with van der Waals surface area (Å²) in [7, 11) is 0. The normalized spacial score (nSPS) is 12.1. The minimum Gasteiger partial charge on any atom is -0.486 e. The molecule has 3 aromatic carbocycles. The monoisotopic (exact) mass is 404 g/mol. The fourth-order valence-corrected chi connectivity index (χ4v) is 2.98. The van der Waals surface area contributed by atoms with E-state index in [1.807, 2.05) is 18.2 Å². The molecule has 4 rings (SSSR count). The van der Waals surface area contributed by atoms with Gasteiger partial charge in [0.25, 0.3) is 5.91 Å². The summed E-state index contributed by atoms with van der Waals surface area (Å²) in [6.45, 7) is 1.44. The fraction of sp³-hybridized carbons (Fsp3) is 0.130. The van der Waals surface area contributed by atoms with Crippen molar-refractivity contribution in [2.24, 2.45) is 5.73 Å². The van der Waals surface area contributed by atoms with Crippen molar-refractivity contribution >= 4 is 11.8 Å². The summed E-state index contributed by atoms with van der Waals surface area (Å²) in [5, 5.41) is 2.89. The first-order chi connectivity index (χ1) is 14.6. The highest BCUT2D eigenvalue weighted by molar-refractivity contribution is 5.94. The van der Waals surface area contributed by atoms with Crippen LogP contribution in [0.25, 0.3) is 0 Å². The summed E-state index contributed by atoms with van der Waals surface area (Å²) in [5.74, 6) is 1.87. The number of fused-ring (bicyclic) bond motifs is 1. The Morgan fingerprint density at radius 2 is 1.43 bits per heavy atom. The second kappa shape index (κ2) is 8.57. The van der Waals surface area contributed by atoms with Crippen LogP contribution in [0.1, 0.15) is 26.3 Å². The van der Waals surface area contributed by atoms with Gasteiger partial charge < -0.3 is 25.3 Å². The number of ether oxygens (including phenoxy) is 3. The molecule has 0 aliphatic carbocycles. The van der Waals surface area contributed by atoms with Crippen LogP contribution in [0, 0.1) is 0 Å². The van der Waals surface area contributed by atoms with Gasteiger partial charge in [-0.25, -0.2) is 0 Å². The Morgan fingerprint density at radius 1 is 0.833 bits per heavy atom. The van der Waals surface area contributed by atoms with Gasteiger partial charge in [0.15, 0.2) is 11.5 Å². The molecule has 0 fully saturated rings. The molecule has 7 nitrogen and oxygen atoms in total. The topological polar surface area (TPSA) is 99.9 Å². The van der Waals surface area contributed by atoms with Crippen molar-refractivity contribution < 1.29 is 23.8 Å². The lowest BCUT2D eigenvalue weighted by molar-refractivity contribution is 0.0949. The summed E-state index contributed by atoms with van der Waals surface area (Å²) in [4.78, 5) is 23.5. The van der Waals surface area contributed by atoms with E-state index in [-0.39, 0.29) is 5.91 Å². The zero-order valence-corrected chi connectivity index (χ0v) is 16.1. The molecule has 0 bridgehead atoms. The van der Waals surface area contributed by atoms with E-state index in [2.05, 4.69) is 5.32 Å². The van der Waals surface area contributed by atoms with Crippen LogP contribution in [-0.4, -0.2) is 25.0 Å². The molecule has 0 radical (unpaired) electrons. The Morgan fingerprint density at radius 3 is 2.07 bits per heavy atom. The Kier molecular flexibility index (Phi) is 5.52. The average molecular weight is 404 g/mol. The molecule has 0 saturated carbocycles. The molecule has 0 aromatic heterocycles. The number of hydrogen-bond donors (Lipinski definition) is 2. The smallest absolute Gasteiger partial charge is 0.251 e. The number of amides is 2. The van der Waals surface area contributed by atoms with Gasteiger partial charge in [-0.3, -0.25) is 9.59 Å². The second-order valence-electron chi connectivity index (χ2n) is 6.68. The molecule has 1 aliphatic heterocycles. The minimum absolute atomic E-state index is 0.192. The predicted molar refractivity (Wildman–Crippen MR) is 110 cm³/mol. The average Bonchev–Trinajstić information content (AvgIpc) is 2.78. The van der Waals surface area contributed by atoms with Crippen molar-refractivity contribution in [1.82, 2.24) is 5.32 Å². The van der Waals surface area contributed by atoms with E-state index < -0.39 is 5.91 Å². The molecule has 2 amide bonds. The van der Waals surface area contributed by atoms with Crippen LogP contribution in [0.5, 0.6) is 23.0 Å². The van der Waals surface area contributed by atoms with Crippen molar-refractivity contribution in [3.05, 3.63) is 83.4 Å². The molecule has 152 valence electrons. The van der Waals surface area contributed by atoms with Crippen LogP contribution < -0.4 is 25.3 Å². The maximum absolute atomic E-state index is 12.4. The molecule has 3 aromatic rings. The van der Waals surface area contributed by atoms with Gasteiger partial charge >= 0.3 is 0 Å². The molecule has 0 atom stereocenters. The molecular weight excluding hydrogens is 384 g/mol. The third-order valence-corrected chi connectivity index (χ3v) is 4.55. The van der Waals surface area contributed by atoms with Crippen molar-refractivity contribution in [2.75, 3.05) is 13.2 Å². The predicted octanol–water partition coefficient (Wildman–Crippen LogP) is 3.28. The number of benzene rings is 3. The van der Waals surface area contributed by atoms with Crippen molar-refractivity contribution in [3.63, 3.8) is 0 Å². The van der Waals surface area contributed by atoms with Gasteiger partial charge in [-0.1, -0.05) is 6.07 Å². The third kappa shape index (κ3) is 4.52. The highest BCUT2D eigenvalue weighted by Crippen LogP contribution is 2.30. The van der Waals surface area contributed by atoms with Crippen molar-refractivity contribution in [1.29, 1.82) is 0 Å². The number of nitrogens with two attached hydrogens (primary N) is 1. The Bertz CT molecular complexity index is 1060.